The van der Waals surface area contributed by atoms with Gasteiger partial charge in [-0.3, -0.25) is 9.10 Å². The Morgan fingerprint density at radius 3 is 2.50 bits per heavy atom. The van der Waals surface area contributed by atoms with E-state index in [9.17, 15) is 13.2 Å². The highest BCUT2D eigenvalue weighted by atomic mass is 35.5. The van der Waals surface area contributed by atoms with E-state index in [-0.39, 0.29) is 6.54 Å². The van der Waals surface area contributed by atoms with Gasteiger partial charge in [-0.15, -0.1) is 11.3 Å². The van der Waals surface area contributed by atoms with Crippen molar-refractivity contribution >= 4 is 49.7 Å². The lowest BCUT2D eigenvalue weighted by Crippen LogP contribution is -2.37. The molecular formula is C19H18ClN3O3S2. The third kappa shape index (κ3) is 4.89. The van der Waals surface area contributed by atoms with Gasteiger partial charge in [-0.2, -0.15) is 0 Å². The lowest BCUT2D eigenvalue weighted by atomic mass is 10.2. The van der Waals surface area contributed by atoms with E-state index in [0.29, 0.717) is 21.5 Å². The minimum absolute atomic E-state index is 0.334. The van der Waals surface area contributed by atoms with Gasteiger partial charge in [0.05, 0.1) is 17.6 Å². The zero-order valence-corrected chi connectivity index (χ0v) is 17.6. The summed E-state index contributed by atoms with van der Waals surface area (Å²) in [6, 6.07) is 14.2. The van der Waals surface area contributed by atoms with Gasteiger partial charge in [0.2, 0.25) is 15.9 Å². The molecule has 3 aromatic rings. The number of rotatable bonds is 6. The first kappa shape index (κ1) is 20.3. The highest BCUT2D eigenvalue weighted by Gasteiger charge is 2.22. The highest BCUT2D eigenvalue weighted by molar-refractivity contribution is 7.92. The number of benzene rings is 2. The molecule has 0 aliphatic carbocycles. The van der Waals surface area contributed by atoms with Crippen LogP contribution in [0, 0.1) is 6.92 Å². The molecule has 1 N–H and O–H groups in total. The molecule has 1 amide bonds. The molecule has 9 heteroatoms. The van der Waals surface area contributed by atoms with Crippen molar-refractivity contribution in [2.75, 3.05) is 22.4 Å². The van der Waals surface area contributed by atoms with Crippen LogP contribution in [-0.4, -0.2) is 32.1 Å². The number of hydrogen-bond donors (Lipinski definition) is 1. The first-order valence-corrected chi connectivity index (χ1v) is 11.4. The molecule has 0 radical (unpaired) electrons. The SMILES string of the molecule is Cc1ccccc1N(CC(=O)Nc1nc(-c2ccc(Cl)cc2)cs1)S(C)(=O)=O. The van der Waals surface area contributed by atoms with Crippen LogP contribution in [0.2, 0.25) is 5.02 Å². The smallest absolute Gasteiger partial charge is 0.246 e. The molecule has 1 heterocycles. The van der Waals surface area contributed by atoms with E-state index >= 15 is 0 Å². The number of carbonyl (C=O) groups excluding carboxylic acids is 1. The fourth-order valence-corrected chi connectivity index (χ4v) is 4.37. The first-order valence-electron chi connectivity index (χ1n) is 8.29. The molecule has 0 fully saturated rings. The Labute approximate surface area is 172 Å². The monoisotopic (exact) mass is 435 g/mol. The number of carbonyl (C=O) groups is 1. The fourth-order valence-electron chi connectivity index (χ4n) is 2.60. The molecule has 2 aromatic carbocycles. The van der Waals surface area contributed by atoms with Gasteiger partial charge < -0.3 is 5.32 Å². The van der Waals surface area contributed by atoms with E-state index in [4.69, 9.17) is 11.6 Å². The predicted molar refractivity (Wildman–Crippen MR) is 115 cm³/mol. The van der Waals surface area contributed by atoms with Crippen molar-refractivity contribution in [3.63, 3.8) is 0 Å². The van der Waals surface area contributed by atoms with Crippen LogP contribution in [0.4, 0.5) is 10.8 Å². The average Bonchev–Trinajstić information content (AvgIpc) is 3.08. The molecule has 146 valence electrons. The summed E-state index contributed by atoms with van der Waals surface area (Å²) in [5.74, 6) is -0.467. The highest BCUT2D eigenvalue weighted by Crippen LogP contribution is 2.26. The van der Waals surface area contributed by atoms with Gasteiger partial charge in [0.15, 0.2) is 5.13 Å². The van der Waals surface area contributed by atoms with E-state index in [1.54, 1.807) is 37.3 Å². The molecule has 1 aromatic heterocycles. The van der Waals surface area contributed by atoms with Crippen molar-refractivity contribution in [1.29, 1.82) is 0 Å². The molecule has 0 unspecified atom stereocenters. The van der Waals surface area contributed by atoms with Crippen LogP contribution in [0.3, 0.4) is 0 Å². The molecule has 0 aliphatic heterocycles. The van der Waals surface area contributed by atoms with Crippen molar-refractivity contribution in [2.24, 2.45) is 0 Å². The third-order valence-corrected chi connectivity index (χ3v) is 6.10. The summed E-state index contributed by atoms with van der Waals surface area (Å²) in [5, 5.41) is 5.51. The number of hydrogen-bond acceptors (Lipinski definition) is 5. The summed E-state index contributed by atoms with van der Waals surface area (Å²) in [6.07, 6.45) is 1.08. The number of aromatic nitrogens is 1. The second-order valence-corrected chi connectivity index (χ2v) is 9.35. The molecule has 0 spiro atoms. The minimum atomic E-state index is -3.63. The lowest BCUT2D eigenvalue weighted by molar-refractivity contribution is -0.114. The van der Waals surface area contributed by atoms with Crippen molar-refractivity contribution in [1.82, 2.24) is 4.98 Å². The molecule has 0 aliphatic rings. The van der Waals surface area contributed by atoms with Crippen LogP contribution in [0.15, 0.2) is 53.9 Å². The van der Waals surface area contributed by atoms with Gasteiger partial charge in [-0.05, 0) is 30.7 Å². The molecular weight excluding hydrogens is 418 g/mol. The largest absolute Gasteiger partial charge is 0.300 e. The number of para-hydroxylation sites is 1. The van der Waals surface area contributed by atoms with Crippen molar-refractivity contribution in [3.8, 4) is 11.3 Å². The fraction of sp³-hybridized carbons (Fsp3) is 0.158. The number of sulfonamides is 1. The van der Waals surface area contributed by atoms with E-state index in [0.717, 1.165) is 21.7 Å². The normalized spacial score (nSPS) is 11.2. The van der Waals surface area contributed by atoms with Gasteiger partial charge >= 0.3 is 0 Å². The predicted octanol–water partition coefficient (Wildman–Crippen LogP) is 4.18. The Bertz CT molecular complexity index is 1100. The van der Waals surface area contributed by atoms with Gasteiger partial charge in [-0.25, -0.2) is 13.4 Å². The van der Waals surface area contributed by atoms with Crippen molar-refractivity contribution in [2.45, 2.75) is 6.92 Å². The average molecular weight is 436 g/mol. The minimum Gasteiger partial charge on any atom is -0.300 e. The number of amides is 1. The van der Waals surface area contributed by atoms with Crippen LogP contribution in [0.5, 0.6) is 0 Å². The first-order chi connectivity index (χ1) is 13.2. The van der Waals surface area contributed by atoms with Crippen LogP contribution in [0.1, 0.15) is 5.56 Å². The topological polar surface area (TPSA) is 79.4 Å². The Balaban J connectivity index is 1.75. The molecule has 0 bridgehead atoms. The molecule has 28 heavy (non-hydrogen) atoms. The van der Waals surface area contributed by atoms with Crippen molar-refractivity contribution in [3.05, 3.63) is 64.5 Å². The van der Waals surface area contributed by atoms with Crippen LogP contribution in [-0.2, 0) is 14.8 Å². The van der Waals surface area contributed by atoms with Gasteiger partial charge in [0.25, 0.3) is 0 Å². The molecule has 0 saturated carbocycles. The van der Waals surface area contributed by atoms with Crippen molar-refractivity contribution < 1.29 is 13.2 Å². The second-order valence-electron chi connectivity index (χ2n) is 6.15. The number of nitrogens with one attached hydrogen (secondary N) is 1. The molecule has 3 rings (SSSR count). The molecule has 0 atom stereocenters. The van der Waals surface area contributed by atoms with Gasteiger partial charge in [0.1, 0.15) is 6.54 Å². The van der Waals surface area contributed by atoms with E-state index in [1.165, 1.54) is 11.3 Å². The summed E-state index contributed by atoms with van der Waals surface area (Å²) in [7, 11) is -3.63. The number of halogens is 1. The standard InChI is InChI=1S/C19H18ClN3O3S2/c1-13-5-3-4-6-17(13)23(28(2,25)26)11-18(24)22-19-21-16(12-27-19)14-7-9-15(20)10-8-14/h3-10,12H,11H2,1-2H3,(H,21,22,24). The second kappa shape index (κ2) is 8.30. The maximum Gasteiger partial charge on any atom is 0.246 e. The van der Waals surface area contributed by atoms with Gasteiger partial charge in [-0.1, -0.05) is 41.9 Å². The quantitative estimate of drug-likeness (QED) is 0.630. The third-order valence-electron chi connectivity index (χ3n) is 3.96. The lowest BCUT2D eigenvalue weighted by Gasteiger charge is -2.23. The number of anilines is 2. The van der Waals surface area contributed by atoms with Crippen LogP contribution in [0.25, 0.3) is 11.3 Å². The van der Waals surface area contributed by atoms with Crippen LogP contribution < -0.4 is 9.62 Å². The summed E-state index contributed by atoms with van der Waals surface area (Å²) >= 11 is 7.16. The zero-order valence-electron chi connectivity index (χ0n) is 15.2. The van der Waals surface area contributed by atoms with E-state index < -0.39 is 15.9 Å². The number of thiazole rings is 1. The Morgan fingerprint density at radius 2 is 1.86 bits per heavy atom. The summed E-state index contributed by atoms with van der Waals surface area (Å²) in [4.78, 5) is 16.9. The summed E-state index contributed by atoms with van der Waals surface area (Å²) in [6.45, 7) is 1.46. The Morgan fingerprint density at radius 1 is 1.18 bits per heavy atom. The zero-order chi connectivity index (χ0) is 20.3. The van der Waals surface area contributed by atoms with Gasteiger partial charge in [0, 0.05) is 16.0 Å². The molecule has 6 nitrogen and oxygen atoms in total. The Hall–Kier alpha value is -2.42. The van der Waals surface area contributed by atoms with Crippen LogP contribution >= 0.6 is 22.9 Å². The van der Waals surface area contributed by atoms with E-state index in [1.807, 2.05) is 23.6 Å². The summed E-state index contributed by atoms with van der Waals surface area (Å²) < 4.78 is 25.5. The summed E-state index contributed by atoms with van der Waals surface area (Å²) in [5.41, 5.74) is 2.82. The maximum atomic E-state index is 12.5. The Kier molecular flexibility index (Phi) is 6.02. The number of nitrogens with zero attached hydrogens (tertiary/aromatic N) is 2. The number of aryl methyl sites for hydroxylation is 1. The molecule has 0 saturated heterocycles. The van der Waals surface area contributed by atoms with E-state index in [2.05, 4.69) is 10.3 Å². The maximum absolute atomic E-state index is 12.5.